The van der Waals surface area contributed by atoms with Crippen LogP contribution in [-0.4, -0.2) is 12.7 Å². The van der Waals surface area contributed by atoms with Gasteiger partial charge in [-0.05, 0) is 40.7 Å². The molecule has 0 aliphatic rings. The van der Waals surface area contributed by atoms with Crippen LogP contribution in [0.5, 0.6) is 0 Å². The fourth-order valence-electron chi connectivity index (χ4n) is 1.30. The number of halogens is 1. The Bertz CT molecular complexity index is 296. The first-order valence-corrected chi connectivity index (χ1v) is 6.26. The molecule has 2 N–H and O–H groups in total. The Hall–Kier alpha value is 0.100. The summed E-state index contributed by atoms with van der Waals surface area (Å²) in [5, 5.41) is 2.03. The molecule has 0 amide bonds. The highest BCUT2D eigenvalue weighted by Gasteiger charge is 2.32. The zero-order valence-corrected chi connectivity index (χ0v) is 11.1. The van der Waals surface area contributed by atoms with Gasteiger partial charge >= 0.3 is 0 Å². The molecule has 0 spiro atoms. The predicted octanol–water partition coefficient (Wildman–Crippen LogP) is 3.33. The molecule has 1 aromatic rings. The van der Waals surface area contributed by atoms with Crippen LogP contribution in [0.4, 0.5) is 0 Å². The summed E-state index contributed by atoms with van der Waals surface area (Å²) in [6.45, 7) is 4.13. The second-order valence-electron chi connectivity index (χ2n) is 3.48. The highest BCUT2D eigenvalue weighted by Crippen LogP contribution is 2.36. The van der Waals surface area contributed by atoms with Crippen molar-refractivity contribution in [1.82, 2.24) is 0 Å². The normalized spacial score (nSPS) is 17.8. The van der Waals surface area contributed by atoms with Gasteiger partial charge in [0.2, 0.25) is 0 Å². The van der Waals surface area contributed by atoms with Crippen molar-refractivity contribution in [3.8, 4) is 0 Å². The highest BCUT2D eigenvalue weighted by molar-refractivity contribution is 9.10. The Morgan fingerprint density at radius 1 is 1.71 bits per heavy atom. The minimum absolute atomic E-state index is 0.0770. The molecule has 0 aliphatic heterocycles. The molecule has 0 bridgehead atoms. The molecule has 1 heterocycles. The van der Waals surface area contributed by atoms with Gasteiger partial charge in [-0.15, -0.1) is 11.3 Å². The molecule has 1 aromatic heterocycles. The topological polar surface area (TPSA) is 35.2 Å². The lowest BCUT2D eigenvalue weighted by molar-refractivity contribution is -0.0187. The third-order valence-corrected chi connectivity index (χ3v) is 4.71. The fraction of sp³-hybridized carbons (Fsp3) is 0.600. The molecule has 2 atom stereocenters. The van der Waals surface area contributed by atoms with E-state index in [1.54, 1.807) is 18.4 Å². The lowest BCUT2D eigenvalue weighted by atomic mass is 9.93. The van der Waals surface area contributed by atoms with E-state index in [1.807, 2.05) is 18.4 Å². The van der Waals surface area contributed by atoms with Gasteiger partial charge in [0.25, 0.3) is 0 Å². The zero-order valence-electron chi connectivity index (χ0n) is 8.71. The largest absolute Gasteiger partial charge is 0.377 e. The van der Waals surface area contributed by atoms with Crippen molar-refractivity contribution in [3.63, 3.8) is 0 Å². The number of methoxy groups -OCH3 is 1. The van der Waals surface area contributed by atoms with Crippen LogP contribution in [0.3, 0.4) is 0 Å². The van der Waals surface area contributed by atoms with E-state index in [2.05, 4.69) is 22.9 Å². The van der Waals surface area contributed by atoms with Crippen molar-refractivity contribution in [3.05, 3.63) is 20.8 Å². The smallest absolute Gasteiger partial charge is 0.0848 e. The molecular weight excluding hydrogens is 262 g/mol. The summed E-state index contributed by atoms with van der Waals surface area (Å²) in [4.78, 5) is 1.15. The SMILES string of the molecule is CCC(C)(OC)C(N)c1sccc1Br. The minimum atomic E-state index is -0.284. The van der Waals surface area contributed by atoms with E-state index in [0.29, 0.717) is 0 Å². The average Bonchev–Trinajstić information content (AvgIpc) is 2.62. The van der Waals surface area contributed by atoms with Crippen LogP contribution >= 0.6 is 27.3 Å². The molecule has 0 aliphatic carbocycles. The number of rotatable bonds is 4. The van der Waals surface area contributed by atoms with Crippen LogP contribution < -0.4 is 5.73 Å². The Morgan fingerprint density at radius 3 is 2.71 bits per heavy atom. The van der Waals surface area contributed by atoms with Gasteiger partial charge in [-0.25, -0.2) is 0 Å². The van der Waals surface area contributed by atoms with Crippen molar-refractivity contribution >= 4 is 27.3 Å². The molecule has 14 heavy (non-hydrogen) atoms. The molecular formula is C10H16BrNOS. The van der Waals surface area contributed by atoms with Crippen molar-refractivity contribution in [1.29, 1.82) is 0 Å². The minimum Gasteiger partial charge on any atom is -0.377 e. The molecule has 2 nitrogen and oxygen atoms in total. The summed E-state index contributed by atoms with van der Waals surface area (Å²) >= 11 is 5.16. The molecule has 2 unspecified atom stereocenters. The van der Waals surface area contributed by atoms with Gasteiger partial charge in [0.15, 0.2) is 0 Å². The molecule has 0 fully saturated rings. The monoisotopic (exact) mass is 277 g/mol. The van der Waals surface area contributed by atoms with Gasteiger partial charge < -0.3 is 10.5 Å². The van der Waals surface area contributed by atoms with E-state index in [1.165, 1.54) is 0 Å². The van der Waals surface area contributed by atoms with Crippen molar-refractivity contribution in [2.45, 2.75) is 31.9 Å². The fourth-order valence-corrected chi connectivity index (χ4v) is 3.06. The van der Waals surface area contributed by atoms with Crippen LogP contribution in [0.2, 0.25) is 0 Å². The first-order valence-electron chi connectivity index (χ1n) is 4.58. The Morgan fingerprint density at radius 2 is 2.36 bits per heavy atom. The number of thiophene rings is 1. The molecule has 0 saturated heterocycles. The van der Waals surface area contributed by atoms with Gasteiger partial charge in [-0.1, -0.05) is 6.92 Å². The summed E-state index contributed by atoms with van der Waals surface area (Å²) in [5.74, 6) is 0. The predicted molar refractivity (Wildman–Crippen MR) is 64.7 cm³/mol. The molecule has 0 aromatic carbocycles. The van der Waals surface area contributed by atoms with Gasteiger partial charge in [0.05, 0.1) is 11.6 Å². The molecule has 0 radical (unpaired) electrons. The van der Waals surface area contributed by atoms with Crippen LogP contribution in [0, 0.1) is 0 Å². The van der Waals surface area contributed by atoms with Gasteiger partial charge in [-0.2, -0.15) is 0 Å². The summed E-state index contributed by atoms with van der Waals surface area (Å²) in [7, 11) is 1.71. The zero-order chi connectivity index (χ0) is 10.8. The maximum atomic E-state index is 6.20. The molecule has 80 valence electrons. The summed E-state index contributed by atoms with van der Waals surface area (Å²) in [6, 6.07) is 1.94. The third kappa shape index (κ3) is 2.19. The summed E-state index contributed by atoms with van der Waals surface area (Å²) in [6.07, 6.45) is 0.898. The van der Waals surface area contributed by atoms with E-state index in [0.717, 1.165) is 15.8 Å². The standard InChI is InChI=1S/C10H16BrNOS/c1-4-10(2,13-3)9(12)8-7(11)5-6-14-8/h5-6,9H,4,12H2,1-3H3. The average molecular weight is 278 g/mol. The van der Waals surface area contributed by atoms with E-state index in [-0.39, 0.29) is 11.6 Å². The highest BCUT2D eigenvalue weighted by atomic mass is 79.9. The van der Waals surface area contributed by atoms with Crippen molar-refractivity contribution in [2.24, 2.45) is 5.73 Å². The van der Waals surface area contributed by atoms with E-state index in [9.17, 15) is 0 Å². The lowest BCUT2D eigenvalue weighted by Crippen LogP contribution is -2.39. The molecule has 1 rings (SSSR count). The third-order valence-electron chi connectivity index (χ3n) is 2.75. The number of hydrogen-bond donors (Lipinski definition) is 1. The molecule has 0 saturated carbocycles. The van der Waals surface area contributed by atoms with Crippen LogP contribution in [-0.2, 0) is 4.74 Å². The second kappa shape index (κ2) is 4.75. The van der Waals surface area contributed by atoms with Crippen LogP contribution in [0.25, 0.3) is 0 Å². The van der Waals surface area contributed by atoms with Gasteiger partial charge in [0, 0.05) is 16.5 Å². The van der Waals surface area contributed by atoms with Crippen molar-refractivity contribution in [2.75, 3.05) is 7.11 Å². The van der Waals surface area contributed by atoms with Crippen LogP contribution in [0.15, 0.2) is 15.9 Å². The Balaban J connectivity index is 2.94. The first-order chi connectivity index (χ1) is 6.55. The van der Waals surface area contributed by atoms with E-state index < -0.39 is 0 Å². The van der Waals surface area contributed by atoms with Gasteiger partial charge in [0.1, 0.15) is 0 Å². The summed E-state index contributed by atoms with van der Waals surface area (Å²) < 4.78 is 6.56. The summed E-state index contributed by atoms with van der Waals surface area (Å²) in [5.41, 5.74) is 5.91. The Labute approximate surface area is 97.6 Å². The van der Waals surface area contributed by atoms with E-state index in [4.69, 9.17) is 10.5 Å². The number of hydrogen-bond acceptors (Lipinski definition) is 3. The maximum absolute atomic E-state index is 6.20. The van der Waals surface area contributed by atoms with Crippen LogP contribution in [0.1, 0.15) is 31.2 Å². The maximum Gasteiger partial charge on any atom is 0.0848 e. The lowest BCUT2D eigenvalue weighted by Gasteiger charge is -2.32. The second-order valence-corrected chi connectivity index (χ2v) is 5.28. The Kier molecular flexibility index (Phi) is 4.13. The van der Waals surface area contributed by atoms with Crippen molar-refractivity contribution < 1.29 is 4.74 Å². The quantitative estimate of drug-likeness (QED) is 0.917. The van der Waals surface area contributed by atoms with Gasteiger partial charge in [-0.3, -0.25) is 0 Å². The number of nitrogens with two attached hydrogens (primary N) is 1. The number of ether oxygens (including phenoxy) is 1. The van der Waals surface area contributed by atoms with E-state index >= 15 is 0 Å². The first kappa shape index (κ1) is 12.2. The molecule has 4 heteroatoms.